The fourth-order valence-corrected chi connectivity index (χ4v) is 4.84. The zero-order chi connectivity index (χ0) is 29.1. The average molecular weight is 567 g/mol. The van der Waals surface area contributed by atoms with Gasteiger partial charge in [0.05, 0.1) is 17.9 Å². The minimum absolute atomic E-state index is 0.0671. The third-order valence-corrected chi connectivity index (χ3v) is 7.42. The summed E-state index contributed by atoms with van der Waals surface area (Å²) in [5.41, 5.74) is 0. The second kappa shape index (κ2) is 15.7. The predicted octanol–water partition coefficient (Wildman–Crippen LogP) is 7.94. The van der Waals surface area contributed by atoms with Gasteiger partial charge in [-0.1, -0.05) is 20.3 Å². The van der Waals surface area contributed by atoms with Crippen molar-refractivity contribution in [2.45, 2.75) is 84.2 Å². The Balaban J connectivity index is 0.000000225. The summed E-state index contributed by atoms with van der Waals surface area (Å²) in [5.74, 6) is -4.14. The summed E-state index contributed by atoms with van der Waals surface area (Å²) < 4.78 is 67.8. The van der Waals surface area contributed by atoms with E-state index in [0.717, 1.165) is 82.2 Å². The normalized spacial score (nSPS) is 22.6. The highest BCUT2D eigenvalue weighted by molar-refractivity contribution is 5.75. The molecule has 0 spiro atoms. The van der Waals surface area contributed by atoms with Crippen molar-refractivity contribution in [2.24, 2.45) is 17.8 Å². The van der Waals surface area contributed by atoms with Gasteiger partial charge in [0, 0.05) is 18.7 Å². The van der Waals surface area contributed by atoms with Gasteiger partial charge in [0.2, 0.25) is 0 Å². The molecular formula is C31H38F4O5. The molecule has 2 aromatic carbocycles. The molecule has 0 aromatic heterocycles. The fraction of sp³-hybridized carbons (Fsp3) is 0.548. The van der Waals surface area contributed by atoms with Crippen LogP contribution in [-0.4, -0.2) is 24.6 Å². The van der Waals surface area contributed by atoms with E-state index in [4.69, 9.17) is 14.2 Å². The van der Waals surface area contributed by atoms with Crippen LogP contribution in [-0.2, 0) is 14.3 Å². The van der Waals surface area contributed by atoms with Gasteiger partial charge in [-0.15, -0.1) is 0 Å². The Kier molecular flexibility index (Phi) is 12.4. The lowest BCUT2D eigenvalue weighted by Gasteiger charge is -2.27. The van der Waals surface area contributed by atoms with E-state index in [9.17, 15) is 27.2 Å². The van der Waals surface area contributed by atoms with Gasteiger partial charge < -0.3 is 14.2 Å². The van der Waals surface area contributed by atoms with Gasteiger partial charge in [-0.3, -0.25) is 9.59 Å². The van der Waals surface area contributed by atoms with Gasteiger partial charge in [0.25, 0.3) is 0 Å². The summed E-state index contributed by atoms with van der Waals surface area (Å²) in [7, 11) is 0. The van der Waals surface area contributed by atoms with Crippen LogP contribution in [0.1, 0.15) is 78.1 Å². The van der Waals surface area contributed by atoms with Crippen molar-refractivity contribution in [3.63, 3.8) is 0 Å². The van der Waals surface area contributed by atoms with Crippen LogP contribution < -0.4 is 9.47 Å². The molecule has 2 saturated carbocycles. The van der Waals surface area contributed by atoms with Crippen molar-refractivity contribution in [3.8, 4) is 11.5 Å². The first-order chi connectivity index (χ1) is 19.2. The topological polar surface area (TPSA) is 61.8 Å². The maximum atomic E-state index is 13.5. The third-order valence-electron chi connectivity index (χ3n) is 7.42. The van der Waals surface area contributed by atoms with Gasteiger partial charge in [0.1, 0.15) is 11.6 Å². The van der Waals surface area contributed by atoms with Gasteiger partial charge >= 0.3 is 11.9 Å². The van der Waals surface area contributed by atoms with Crippen LogP contribution in [0.15, 0.2) is 36.4 Å². The molecule has 9 heteroatoms. The molecule has 0 aliphatic heterocycles. The lowest BCUT2D eigenvalue weighted by Crippen LogP contribution is -2.29. The number of rotatable bonds is 8. The van der Waals surface area contributed by atoms with E-state index in [2.05, 4.69) is 13.8 Å². The van der Waals surface area contributed by atoms with Crippen LogP contribution in [0.3, 0.4) is 0 Å². The summed E-state index contributed by atoms with van der Waals surface area (Å²) in [6, 6.07) is 6.05. The number of unbranched alkanes of at least 4 members (excludes halogenated alkanes) is 1. The molecule has 0 bridgehead atoms. The second-order valence-electron chi connectivity index (χ2n) is 10.6. The lowest BCUT2D eigenvalue weighted by molar-refractivity contribution is -0.141. The minimum Gasteiger partial charge on any atom is -0.426 e. The van der Waals surface area contributed by atoms with E-state index >= 15 is 0 Å². The number of carbonyl (C=O) groups is 2. The fourth-order valence-electron chi connectivity index (χ4n) is 4.84. The second-order valence-corrected chi connectivity index (χ2v) is 10.6. The van der Waals surface area contributed by atoms with E-state index in [1.165, 1.54) is 6.07 Å². The number of ether oxygens (including phenoxy) is 3. The smallest absolute Gasteiger partial charge is 0.314 e. The predicted molar refractivity (Wildman–Crippen MR) is 142 cm³/mol. The molecular weight excluding hydrogens is 528 g/mol. The van der Waals surface area contributed by atoms with E-state index in [0.29, 0.717) is 24.8 Å². The monoisotopic (exact) mass is 566 g/mol. The summed E-state index contributed by atoms with van der Waals surface area (Å²) in [5, 5.41) is 0. The van der Waals surface area contributed by atoms with Crippen LogP contribution in [0, 0.1) is 41.0 Å². The number of hydrogen-bond donors (Lipinski definition) is 0. The molecule has 40 heavy (non-hydrogen) atoms. The number of halogens is 4. The van der Waals surface area contributed by atoms with Crippen LogP contribution in [0.25, 0.3) is 0 Å². The minimum atomic E-state index is -1.00. The van der Waals surface area contributed by atoms with Crippen LogP contribution in [0.2, 0.25) is 0 Å². The average Bonchev–Trinajstić information content (AvgIpc) is 2.93. The van der Waals surface area contributed by atoms with Gasteiger partial charge in [-0.2, -0.15) is 0 Å². The van der Waals surface area contributed by atoms with Gasteiger partial charge in [-0.05, 0) is 88.0 Å². The number of hydrogen-bond acceptors (Lipinski definition) is 5. The molecule has 0 radical (unpaired) electrons. The van der Waals surface area contributed by atoms with E-state index in [-0.39, 0.29) is 35.4 Å². The molecule has 0 unspecified atom stereocenters. The number of esters is 2. The summed E-state index contributed by atoms with van der Waals surface area (Å²) >= 11 is 0. The van der Waals surface area contributed by atoms with Crippen molar-refractivity contribution in [1.82, 2.24) is 0 Å². The standard InChI is InChI=1S/C17H22F2O3.C14H16F2O2/c1-2-3-10-21-14-7-4-12(5-8-14)17(20)22-16-9-6-13(18)11-15(16)19;1-9-2-4-10(5-3-9)14(17)18-11-6-7-12(15)13(16)8-11/h6,9,11-12,14H,2-5,7-8,10H2,1H3;6-10H,2-5H2,1H3. The molecule has 2 aliphatic carbocycles. The summed E-state index contributed by atoms with van der Waals surface area (Å²) in [4.78, 5) is 23.9. The SMILES string of the molecule is CC1CCC(C(=O)Oc2ccc(F)c(F)c2)CC1.CCCCOC1CCC(C(=O)Oc2ccc(F)cc2F)CC1. The molecule has 0 saturated heterocycles. The molecule has 220 valence electrons. The van der Waals surface area contributed by atoms with E-state index < -0.39 is 29.2 Å². The molecule has 0 heterocycles. The Morgan fingerprint density at radius 3 is 1.98 bits per heavy atom. The molecule has 2 aromatic rings. The van der Waals surface area contributed by atoms with Crippen LogP contribution in [0.4, 0.5) is 17.6 Å². The van der Waals surface area contributed by atoms with Crippen LogP contribution in [0.5, 0.6) is 11.5 Å². The highest BCUT2D eigenvalue weighted by Gasteiger charge is 2.29. The molecule has 2 fully saturated rings. The van der Waals surface area contributed by atoms with E-state index in [1.807, 2.05) is 0 Å². The first-order valence-electron chi connectivity index (χ1n) is 14.1. The molecule has 4 rings (SSSR count). The third kappa shape index (κ3) is 9.91. The van der Waals surface area contributed by atoms with Crippen molar-refractivity contribution in [2.75, 3.05) is 6.61 Å². The Morgan fingerprint density at radius 2 is 1.38 bits per heavy atom. The largest absolute Gasteiger partial charge is 0.426 e. The molecule has 5 nitrogen and oxygen atoms in total. The zero-order valence-corrected chi connectivity index (χ0v) is 23.1. The highest BCUT2D eigenvalue weighted by atomic mass is 19.2. The molecule has 2 aliphatic rings. The maximum absolute atomic E-state index is 13.5. The molecule has 0 N–H and O–H groups in total. The van der Waals surface area contributed by atoms with Crippen molar-refractivity contribution < 1.29 is 41.4 Å². The highest BCUT2D eigenvalue weighted by Crippen LogP contribution is 2.30. The lowest BCUT2D eigenvalue weighted by atomic mass is 9.83. The molecule has 0 atom stereocenters. The first-order valence-corrected chi connectivity index (χ1v) is 14.1. The van der Waals surface area contributed by atoms with E-state index in [1.54, 1.807) is 0 Å². The van der Waals surface area contributed by atoms with Gasteiger partial charge in [-0.25, -0.2) is 17.6 Å². The number of benzene rings is 2. The quantitative estimate of drug-likeness (QED) is 0.141. The Labute approximate surface area is 233 Å². The van der Waals surface area contributed by atoms with Crippen LogP contribution >= 0.6 is 0 Å². The Hall–Kier alpha value is -2.94. The Bertz CT molecular complexity index is 1110. The van der Waals surface area contributed by atoms with Crippen molar-refractivity contribution in [1.29, 1.82) is 0 Å². The number of carbonyl (C=O) groups excluding carboxylic acids is 2. The first kappa shape index (κ1) is 31.6. The van der Waals surface area contributed by atoms with Crippen molar-refractivity contribution in [3.05, 3.63) is 59.7 Å². The molecule has 0 amide bonds. The zero-order valence-electron chi connectivity index (χ0n) is 23.1. The summed E-state index contributed by atoms with van der Waals surface area (Å²) in [6.45, 7) is 5.04. The maximum Gasteiger partial charge on any atom is 0.314 e. The van der Waals surface area contributed by atoms with Gasteiger partial charge in [0.15, 0.2) is 23.2 Å². The summed E-state index contributed by atoms with van der Waals surface area (Å²) in [6.07, 6.45) is 8.99. The Morgan fingerprint density at radius 1 is 0.750 bits per heavy atom. The van der Waals surface area contributed by atoms with Crippen molar-refractivity contribution >= 4 is 11.9 Å².